The SMILES string of the molecule is NC(=NCC1CCS(=O)(=O)C1)c1ccccc1. The van der Waals surface area contributed by atoms with Gasteiger partial charge in [0.25, 0.3) is 0 Å². The first kappa shape index (κ1) is 12.1. The first-order valence-electron chi connectivity index (χ1n) is 5.62. The van der Waals surface area contributed by atoms with Crippen LogP contribution >= 0.6 is 0 Å². The monoisotopic (exact) mass is 252 g/mol. The lowest BCUT2D eigenvalue weighted by Gasteiger charge is -2.04. The highest BCUT2D eigenvalue weighted by atomic mass is 32.2. The minimum Gasteiger partial charge on any atom is -0.384 e. The van der Waals surface area contributed by atoms with Crippen LogP contribution in [0, 0.1) is 5.92 Å². The van der Waals surface area contributed by atoms with E-state index in [4.69, 9.17) is 5.73 Å². The third kappa shape index (κ3) is 3.30. The van der Waals surface area contributed by atoms with Gasteiger partial charge in [-0.3, -0.25) is 4.99 Å². The number of aliphatic imine (C=N–C) groups is 1. The lowest BCUT2D eigenvalue weighted by Crippen LogP contribution is -2.16. The third-order valence-corrected chi connectivity index (χ3v) is 4.75. The Labute approximate surface area is 101 Å². The molecule has 0 aliphatic carbocycles. The second-order valence-electron chi connectivity index (χ2n) is 4.36. The maximum absolute atomic E-state index is 11.3. The molecular formula is C12H16N2O2S. The summed E-state index contributed by atoms with van der Waals surface area (Å²) in [5, 5.41) is 0. The number of hydrogen-bond donors (Lipinski definition) is 1. The van der Waals surface area contributed by atoms with Gasteiger partial charge in [-0.15, -0.1) is 0 Å². The third-order valence-electron chi connectivity index (χ3n) is 2.92. The van der Waals surface area contributed by atoms with Gasteiger partial charge in [-0.05, 0) is 12.3 Å². The van der Waals surface area contributed by atoms with E-state index in [2.05, 4.69) is 4.99 Å². The molecule has 1 aliphatic rings. The molecule has 1 atom stereocenters. The smallest absolute Gasteiger partial charge is 0.150 e. The van der Waals surface area contributed by atoms with E-state index in [0.29, 0.717) is 24.6 Å². The molecule has 92 valence electrons. The molecule has 1 heterocycles. The van der Waals surface area contributed by atoms with Gasteiger partial charge in [0.1, 0.15) is 5.84 Å². The molecule has 1 fully saturated rings. The van der Waals surface area contributed by atoms with Gasteiger partial charge >= 0.3 is 0 Å². The molecule has 2 rings (SSSR count). The summed E-state index contributed by atoms with van der Waals surface area (Å²) in [5.74, 6) is 1.15. The van der Waals surface area contributed by atoms with E-state index in [1.165, 1.54) is 0 Å². The molecule has 0 radical (unpaired) electrons. The summed E-state index contributed by atoms with van der Waals surface area (Å²) in [7, 11) is -2.82. The fourth-order valence-electron chi connectivity index (χ4n) is 1.94. The van der Waals surface area contributed by atoms with Crippen molar-refractivity contribution >= 4 is 15.7 Å². The van der Waals surface area contributed by atoms with E-state index >= 15 is 0 Å². The van der Waals surface area contributed by atoms with Crippen LogP contribution in [0.4, 0.5) is 0 Å². The summed E-state index contributed by atoms with van der Waals surface area (Å²) in [5.41, 5.74) is 6.72. The van der Waals surface area contributed by atoms with E-state index < -0.39 is 9.84 Å². The summed E-state index contributed by atoms with van der Waals surface area (Å²) in [6, 6.07) is 9.50. The number of sulfone groups is 1. The standard InChI is InChI=1S/C12H16N2O2S/c13-12(11-4-2-1-3-5-11)14-8-10-6-7-17(15,16)9-10/h1-5,10H,6-9H2,(H2,13,14). The zero-order valence-corrected chi connectivity index (χ0v) is 10.4. The number of hydrogen-bond acceptors (Lipinski definition) is 3. The molecule has 1 aliphatic heterocycles. The molecule has 1 saturated heterocycles. The van der Waals surface area contributed by atoms with Crippen LogP contribution in [0.15, 0.2) is 35.3 Å². The Morgan fingerprint density at radius 1 is 1.35 bits per heavy atom. The van der Waals surface area contributed by atoms with Crippen molar-refractivity contribution in [2.45, 2.75) is 6.42 Å². The Kier molecular flexibility index (Phi) is 3.47. The van der Waals surface area contributed by atoms with Crippen molar-refractivity contribution in [3.63, 3.8) is 0 Å². The maximum atomic E-state index is 11.3. The zero-order valence-electron chi connectivity index (χ0n) is 9.54. The van der Waals surface area contributed by atoms with Crippen LogP contribution in [-0.2, 0) is 9.84 Å². The van der Waals surface area contributed by atoms with Crippen molar-refractivity contribution < 1.29 is 8.42 Å². The molecule has 0 aromatic heterocycles. The Balaban J connectivity index is 1.98. The number of amidine groups is 1. The van der Waals surface area contributed by atoms with Crippen molar-refractivity contribution in [1.82, 2.24) is 0 Å². The van der Waals surface area contributed by atoms with Gasteiger partial charge in [0.15, 0.2) is 9.84 Å². The summed E-state index contributed by atoms with van der Waals surface area (Å²) in [6.45, 7) is 0.500. The highest BCUT2D eigenvalue weighted by molar-refractivity contribution is 7.91. The van der Waals surface area contributed by atoms with Gasteiger partial charge in [0.05, 0.1) is 11.5 Å². The number of nitrogens with zero attached hydrogens (tertiary/aromatic N) is 1. The van der Waals surface area contributed by atoms with Gasteiger partial charge in [-0.2, -0.15) is 0 Å². The van der Waals surface area contributed by atoms with Crippen LogP contribution in [0.2, 0.25) is 0 Å². The van der Waals surface area contributed by atoms with Gasteiger partial charge in [-0.25, -0.2) is 8.42 Å². The predicted octanol–water partition coefficient (Wildman–Crippen LogP) is 0.827. The van der Waals surface area contributed by atoms with Crippen LogP contribution in [0.3, 0.4) is 0 Å². The maximum Gasteiger partial charge on any atom is 0.150 e. The lowest BCUT2D eigenvalue weighted by atomic mass is 10.1. The molecule has 0 spiro atoms. The van der Waals surface area contributed by atoms with E-state index in [9.17, 15) is 8.42 Å². The van der Waals surface area contributed by atoms with Crippen molar-refractivity contribution in [2.24, 2.45) is 16.6 Å². The fourth-order valence-corrected chi connectivity index (χ4v) is 3.79. The van der Waals surface area contributed by atoms with Gasteiger partial charge in [-0.1, -0.05) is 30.3 Å². The minimum absolute atomic E-state index is 0.127. The quantitative estimate of drug-likeness (QED) is 0.639. The van der Waals surface area contributed by atoms with Crippen LogP contribution < -0.4 is 5.73 Å². The normalized spacial score (nSPS) is 23.8. The van der Waals surface area contributed by atoms with Gasteiger partial charge in [0, 0.05) is 12.1 Å². The largest absolute Gasteiger partial charge is 0.384 e. The second-order valence-corrected chi connectivity index (χ2v) is 6.59. The molecule has 1 aromatic carbocycles. The predicted molar refractivity (Wildman–Crippen MR) is 68.8 cm³/mol. The molecule has 0 amide bonds. The Hall–Kier alpha value is -1.36. The van der Waals surface area contributed by atoms with Gasteiger partial charge < -0.3 is 5.73 Å². The molecule has 0 bridgehead atoms. The average molecular weight is 252 g/mol. The van der Waals surface area contributed by atoms with Crippen molar-refractivity contribution in [3.05, 3.63) is 35.9 Å². The molecule has 0 saturated carbocycles. The number of benzene rings is 1. The first-order chi connectivity index (χ1) is 8.07. The van der Waals surface area contributed by atoms with Crippen LogP contribution in [-0.4, -0.2) is 32.3 Å². The number of nitrogens with two attached hydrogens (primary N) is 1. The van der Waals surface area contributed by atoms with Crippen LogP contribution in [0.1, 0.15) is 12.0 Å². The first-order valence-corrected chi connectivity index (χ1v) is 7.45. The van der Waals surface area contributed by atoms with Crippen molar-refractivity contribution in [1.29, 1.82) is 0 Å². The molecule has 4 nitrogen and oxygen atoms in total. The average Bonchev–Trinajstić information content (AvgIpc) is 2.67. The van der Waals surface area contributed by atoms with E-state index in [1.807, 2.05) is 30.3 Å². The Morgan fingerprint density at radius 3 is 2.65 bits per heavy atom. The highest BCUT2D eigenvalue weighted by Crippen LogP contribution is 2.18. The van der Waals surface area contributed by atoms with Crippen molar-refractivity contribution in [2.75, 3.05) is 18.1 Å². The minimum atomic E-state index is -2.82. The van der Waals surface area contributed by atoms with E-state index in [0.717, 1.165) is 5.56 Å². The molecule has 2 N–H and O–H groups in total. The van der Waals surface area contributed by atoms with Gasteiger partial charge in [0.2, 0.25) is 0 Å². The summed E-state index contributed by atoms with van der Waals surface area (Å²) < 4.78 is 22.6. The molecule has 5 heteroatoms. The summed E-state index contributed by atoms with van der Waals surface area (Å²) >= 11 is 0. The molecule has 17 heavy (non-hydrogen) atoms. The van der Waals surface area contributed by atoms with Crippen LogP contribution in [0.5, 0.6) is 0 Å². The summed E-state index contributed by atoms with van der Waals surface area (Å²) in [4.78, 5) is 4.27. The molecule has 1 aromatic rings. The van der Waals surface area contributed by atoms with Crippen LogP contribution in [0.25, 0.3) is 0 Å². The summed E-state index contributed by atoms with van der Waals surface area (Å²) in [6.07, 6.45) is 0.702. The highest BCUT2D eigenvalue weighted by Gasteiger charge is 2.27. The second kappa shape index (κ2) is 4.87. The number of rotatable bonds is 3. The Bertz CT molecular complexity index is 509. The molecule has 1 unspecified atom stereocenters. The zero-order chi connectivity index (χ0) is 12.3. The van der Waals surface area contributed by atoms with E-state index in [1.54, 1.807) is 0 Å². The Morgan fingerprint density at radius 2 is 2.06 bits per heavy atom. The molecular weight excluding hydrogens is 236 g/mol. The van der Waals surface area contributed by atoms with E-state index in [-0.39, 0.29) is 11.7 Å². The topological polar surface area (TPSA) is 72.5 Å². The van der Waals surface area contributed by atoms with Crippen molar-refractivity contribution in [3.8, 4) is 0 Å². The lowest BCUT2D eigenvalue weighted by molar-refractivity contribution is 0.591. The fraction of sp³-hybridized carbons (Fsp3) is 0.417.